The number of nitrogens with two attached hydrogens (primary N) is 1. The molecule has 2 aromatic carbocycles. The monoisotopic (exact) mass is 396 g/mol. The Hall–Kier alpha value is -2.86. The van der Waals surface area contributed by atoms with E-state index in [0.29, 0.717) is 17.9 Å². The minimum absolute atomic E-state index is 0.0479. The molecule has 5 nitrogen and oxygen atoms in total. The van der Waals surface area contributed by atoms with Crippen LogP contribution in [0.5, 0.6) is 0 Å². The topological polar surface area (TPSA) is 82.7 Å². The Bertz CT molecular complexity index is 866. The highest BCUT2D eigenvalue weighted by Crippen LogP contribution is 2.25. The minimum atomic E-state index is -0.0527. The molecule has 0 aliphatic heterocycles. The average Bonchev–Trinajstić information content (AvgIpc) is 2.68. The molecule has 0 aliphatic rings. The molecule has 2 rings (SSSR count). The molecular formula is C22H28N4OS. The van der Waals surface area contributed by atoms with Crippen molar-refractivity contribution in [3.8, 4) is 0 Å². The Balaban J connectivity index is 2.44. The summed E-state index contributed by atoms with van der Waals surface area (Å²) in [6, 6.07) is 18.1. The van der Waals surface area contributed by atoms with Crippen molar-refractivity contribution < 1.29 is 5.11 Å². The summed E-state index contributed by atoms with van der Waals surface area (Å²) in [6.07, 6.45) is 0. The van der Waals surface area contributed by atoms with Crippen LogP contribution in [0.4, 0.5) is 0 Å². The Kier molecular flexibility index (Phi) is 7.18. The molecule has 0 spiro atoms. The molecule has 28 heavy (non-hydrogen) atoms. The van der Waals surface area contributed by atoms with E-state index in [1.54, 1.807) is 6.92 Å². The Morgan fingerprint density at radius 1 is 1.07 bits per heavy atom. The van der Waals surface area contributed by atoms with E-state index in [1.165, 1.54) is 5.56 Å². The molecule has 6 heteroatoms. The summed E-state index contributed by atoms with van der Waals surface area (Å²) in [5, 5.41) is 14.2. The first-order valence-corrected chi connectivity index (χ1v) is 9.47. The highest BCUT2D eigenvalue weighted by molar-refractivity contribution is 7.47. The third kappa shape index (κ3) is 5.57. The lowest BCUT2D eigenvalue weighted by Gasteiger charge is -2.20. The van der Waals surface area contributed by atoms with Crippen LogP contribution in [0.3, 0.4) is 0 Å². The van der Waals surface area contributed by atoms with Gasteiger partial charge in [0, 0.05) is 12.1 Å². The lowest BCUT2D eigenvalue weighted by Crippen LogP contribution is -2.19. The summed E-state index contributed by atoms with van der Waals surface area (Å²) in [5.74, 6) is -0.0527. The summed E-state index contributed by atoms with van der Waals surface area (Å²) in [4.78, 5) is 0. The molecule has 0 atom stereocenters. The number of aliphatic hydroxyl groups excluding tert-OH is 1. The van der Waals surface area contributed by atoms with E-state index in [0.717, 1.165) is 11.1 Å². The zero-order valence-corrected chi connectivity index (χ0v) is 17.6. The third-order valence-electron chi connectivity index (χ3n) is 4.46. The van der Waals surface area contributed by atoms with Crippen LogP contribution in [0.15, 0.2) is 76.2 Å². The lowest BCUT2D eigenvalue weighted by molar-refractivity contribution is 0.419. The standard InChI is InChI=1S/C22H28N4OS/c1-15(25-26-28)19(23)21(27)20(24-14-16-8-6-5-7-9-16)17-10-12-18(13-11-17)22(2,3)4/h5-13,24,27H,14,23H2,1-4H3,(H,25,28)/b19-15?,21-20+. The maximum atomic E-state index is 10.9. The molecular weight excluding hydrogens is 368 g/mol. The molecule has 2 aromatic rings. The predicted octanol–water partition coefficient (Wildman–Crippen LogP) is 4.43. The van der Waals surface area contributed by atoms with Gasteiger partial charge >= 0.3 is 0 Å². The fourth-order valence-corrected chi connectivity index (χ4v) is 2.82. The van der Waals surface area contributed by atoms with Crippen LogP contribution < -0.4 is 16.5 Å². The summed E-state index contributed by atoms with van der Waals surface area (Å²) >= 11 is 4.57. The van der Waals surface area contributed by atoms with Crippen LogP contribution in [0.1, 0.15) is 44.4 Å². The first-order chi connectivity index (χ1) is 13.2. The minimum Gasteiger partial charge on any atom is -0.504 e. The Morgan fingerprint density at radius 2 is 1.68 bits per heavy atom. The summed E-state index contributed by atoms with van der Waals surface area (Å²) < 4.78 is 3.44. The average molecular weight is 397 g/mol. The van der Waals surface area contributed by atoms with E-state index < -0.39 is 0 Å². The molecule has 0 aliphatic carbocycles. The molecule has 0 unspecified atom stereocenters. The first kappa shape index (κ1) is 21.4. The summed E-state index contributed by atoms with van der Waals surface area (Å²) in [7, 11) is 0. The summed E-state index contributed by atoms with van der Waals surface area (Å²) in [6.45, 7) is 8.75. The van der Waals surface area contributed by atoms with Crippen molar-refractivity contribution in [2.45, 2.75) is 39.7 Å². The van der Waals surface area contributed by atoms with Crippen molar-refractivity contribution in [3.63, 3.8) is 0 Å². The zero-order chi connectivity index (χ0) is 20.7. The van der Waals surface area contributed by atoms with Gasteiger partial charge in [0.05, 0.1) is 29.5 Å². The van der Waals surface area contributed by atoms with Crippen LogP contribution >= 0.6 is 0 Å². The number of nitrogens with zero attached hydrogens (tertiary/aromatic N) is 1. The number of hydrogen-bond acceptors (Lipinski definition) is 5. The Labute approximate surface area is 172 Å². The van der Waals surface area contributed by atoms with Crippen LogP contribution in [0.25, 0.3) is 5.70 Å². The van der Waals surface area contributed by atoms with Crippen LogP contribution in [-0.4, -0.2) is 5.11 Å². The van der Waals surface area contributed by atoms with Gasteiger partial charge in [0.15, 0.2) is 5.76 Å². The van der Waals surface area contributed by atoms with Gasteiger partial charge < -0.3 is 16.2 Å². The molecule has 0 saturated carbocycles. The number of aliphatic hydroxyl groups is 1. The Morgan fingerprint density at radius 3 is 2.21 bits per heavy atom. The molecule has 0 fully saturated rings. The van der Waals surface area contributed by atoms with Gasteiger partial charge in [0.25, 0.3) is 0 Å². The number of allylic oxidation sites excluding steroid dienone is 1. The van der Waals surface area contributed by atoms with Gasteiger partial charge in [-0.2, -0.15) is 0 Å². The number of nitrogens with one attached hydrogen (secondary N) is 2. The van der Waals surface area contributed by atoms with Gasteiger partial charge in [-0.15, -0.1) is 4.47 Å². The maximum absolute atomic E-state index is 10.9. The molecule has 0 saturated heterocycles. The maximum Gasteiger partial charge on any atom is 0.164 e. The second-order valence-electron chi connectivity index (χ2n) is 7.63. The SMILES string of the molecule is CC(NN=S)=C(N)/C(O)=C(\NCc1ccccc1)c1ccc(C(C)(C)C)cc1. The van der Waals surface area contributed by atoms with Crippen LogP contribution in [0.2, 0.25) is 0 Å². The highest BCUT2D eigenvalue weighted by atomic mass is 32.1. The van der Waals surface area contributed by atoms with E-state index in [4.69, 9.17) is 5.73 Å². The van der Waals surface area contributed by atoms with Crippen molar-refractivity contribution in [2.75, 3.05) is 0 Å². The van der Waals surface area contributed by atoms with E-state index in [1.807, 2.05) is 42.5 Å². The largest absolute Gasteiger partial charge is 0.504 e. The second-order valence-corrected chi connectivity index (χ2v) is 7.81. The van der Waals surface area contributed by atoms with Crippen LogP contribution in [0, 0.1) is 0 Å². The molecule has 0 bridgehead atoms. The molecule has 5 N–H and O–H groups in total. The van der Waals surface area contributed by atoms with Crippen molar-refractivity contribution in [3.05, 3.63) is 88.4 Å². The van der Waals surface area contributed by atoms with E-state index >= 15 is 0 Å². The van der Waals surface area contributed by atoms with Crippen molar-refractivity contribution in [1.82, 2.24) is 10.7 Å². The third-order valence-corrected chi connectivity index (χ3v) is 4.55. The molecule has 0 radical (unpaired) electrons. The predicted molar refractivity (Wildman–Crippen MR) is 118 cm³/mol. The van der Waals surface area contributed by atoms with Gasteiger partial charge in [0.1, 0.15) is 0 Å². The van der Waals surface area contributed by atoms with E-state index in [2.05, 4.69) is 60.5 Å². The van der Waals surface area contributed by atoms with Gasteiger partial charge in [-0.3, -0.25) is 5.43 Å². The summed E-state index contributed by atoms with van der Waals surface area (Å²) in [5.41, 5.74) is 13.1. The van der Waals surface area contributed by atoms with Crippen molar-refractivity contribution >= 4 is 18.1 Å². The normalized spacial score (nSPS) is 13.3. The number of hydrogen-bond donors (Lipinski definition) is 4. The van der Waals surface area contributed by atoms with E-state index in [-0.39, 0.29) is 16.9 Å². The van der Waals surface area contributed by atoms with Gasteiger partial charge in [-0.25, -0.2) is 0 Å². The van der Waals surface area contributed by atoms with Crippen molar-refractivity contribution in [2.24, 2.45) is 10.2 Å². The number of benzene rings is 2. The zero-order valence-electron chi connectivity index (χ0n) is 16.8. The lowest BCUT2D eigenvalue weighted by atomic mass is 9.86. The van der Waals surface area contributed by atoms with Crippen LogP contribution in [-0.2, 0) is 24.4 Å². The fraction of sp³-hybridized carbons (Fsp3) is 0.273. The first-order valence-electron chi connectivity index (χ1n) is 9.11. The van der Waals surface area contributed by atoms with Gasteiger partial charge in [-0.05, 0) is 23.5 Å². The van der Waals surface area contributed by atoms with E-state index in [9.17, 15) is 5.11 Å². The van der Waals surface area contributed by atoms with Gasteiger partial charge in [-0.1, -0.05) is 75.4 Å². The molecule has 0 aromatic heterocycles. The van der Waals surface area contributed by atoms with Gasteiger partial charge in [0.2, 0.25) is 0 Å². The van der Waals surface area contributed by atoms with Crippen molar-refractivity contribution in [1.29, 1.82) is 0 Å². The quantitative estimate of drug-likeness (QED) is 0.316. The number of rotatable bonds is 7. The molecule has 148 valence electrons. The molecule has 0 amide bonds. The molecule has 0 heterocycles. The highest BCUT2D eigenvalue weighted by Gasteiger charge is 2.16. The fourth-order valence-electron chi connectivity index (χ4n) is 2.69. The smallest absolute Gasteiger partial charge is 0.164 e. The second kappa shape index (κ2) is 9.37.